The molecule has 0 spiro atoms. The molecule has 2 fully saturated rings. The molecule has 2 aromatic rings. The van der Waals surface area contributed by atoms with Crippen LogP contribution >= 0.6 is 0 Å². The van der Waals surface area contributed by atoms with E-state index in [9.17, 15) is 4.79 Å². The molecular formula is C24H35N3O2. The van der Waals surface area contributed by atoms with E-state index in [4.69, 9.17) is 4.74 Å². The lowest BCUT2D eigenvalue weighted by Crippen LogP contribution is -2.43. The van der Waals surface area contributed by atoms with Crippen molar-refractivity contribution in [2.75, 3.05) is 20.2 Å². The third-order valence-electron chi connectivity index (χ3n) is 6.83. The van der Waals surface area contributed by atoms with Crippen LogP contribution < -0.4 is 10.1 Å². The third-order valence-corrected chi connectivity index (χ3v) is 6.83. The maximum absolute atomic E-state index is 12.7. The Morgan fingerprint density at radius 2 is 1.83 bits per heavy atom. The molecule has 2 aliphatic rings. The van der Waals surface area contributed by atoms with Gasteiger partial charge in [0.15, 0.2) is 0 Å². The fraction of sp³-hybridized carbons (Fsp3) is 0.625. The fourth-order valence-electron chi connectivity index (χ4n) is 5.04. The molecule has 0 atom stereocenters. The molecule has 1 amide bonds. The van der Waals surface area contributed by atoms with Gasteiger partial charge in [0, 0.05) is 42.7 Å². The average Bonchev–Trinajstić information content (AvgIpc) is 2.89. The minimum Gasteiger partial charge on any atom is -0.497 e. The van der Waals surface area contributed by atoms with Crippen LogP contribution in [0.1, 0.15) is 56.9 Å². The number of benzene rings is 1. The van der Waals surface area contributed by atoms with Crippen molar-refractivity contribution in [2.24, 2.45) is 13.0 Å². The maximum Gasteiger partial charge on any atom is 0.223 e. The van der Waals surface area contributed by atoms with Gasteiger partial charge in [0.1, 0.15) is 5.75 Å². The van der Waals surface area contributed by atoms with Crippen LogP contribution in [0.4, 0.5) is 0 Å². The van der Waals surface area contributed by atoms with Gasteiger partial charge in [-0.2, -0.15) is 0 Å². The standard InChI is InChI=1S/C24H35N3O2/c1-26-16-19(22-15-21(29-2)9-10-23(22)26)17-27-13-11-18(12-14-27)24(28)25-20-7-5-3-4-6-8-20/h9-10,15-16,18,20H,3-8,11-14,17H2,1-2H3,(H,25,28). The summed E-state index contributed by atoms with van der Waals surface area (Å²) in [5.41, 5.74) is 2.57. The van der Waals surface area contributed by atoms with Crippen molar-refractivity contribution >= 4 is 16.8 Å². The van der Waals surface area contributed by atoms with E-state index >= 15 is 0 Å². The predicted octanol–water partition coefficient (Wildman–Crippen LogP) is 4.24. The first-order valence-corrected chi connectivity index (χ1v) is 11.3. The van der Waals surface area contributed by atoms with Crippen LogP contribution in [0.3, 0.4) is 0 Å². The largest absolute Gasteiger partial charge is 0.497 e. The molecule has 158 valence electrons. The van der Waals surface area contributed by atoms with Crippen LogP contribution in [0.5, 0.6) is 5.75 Å². The summed E-state index contributed by atoms with van der Waals surface area (Å²) < 4.78 is 7.61. The third kappa shape index (κ3) is 4.77. The van der Waals surface area contributed by atoms with E-state index in [-0.39, 0.29) is 5.92 Å². The number of likely N-dealkylation sites (tertiary alicyclic amines) is 1. The van der Waals surface area contributed by atoms with Gasteiger partial charge in [-0.1, -0.05) is 25.7 Å². The molecule has 29 heavy (non-hydrogen) atoms. The Balaban J connectivity index is 1.33. The molecule has 4 rings (SSSR count). The molecule has 0 unspecified atom stereocenters. The summed E-state index contributed by atoms with van der Waals surface area (Å²) in [6.45, 7) is 2.91. The van der Waals surface area contributed by atoms with Crippen molar-refractivity contribution in [2.45, 2.75) is 64.0 Å². The fourth-order valence-corrected chi connectivity index (χ4v) is 5.04. The number of ether oxygens (including phenoxy) is 1. The van der Waals surface area contributed by atoms with Gasteiger partial charge in [0.25, 0.3) is 0 Å². The lowest BCUT2D eigenvalue weighted by molar-refractivity contribution is -0.127. The molecule has 2 heterocycles. The van der Waals surface area contributed by atoms with Crippen LogP contribution in [0.2, 0.25) is 0 Å². The summed E-state index contributed by atoms with van der Waals surface area (Å²) in [6.07, 6.45) is 11.7. The number of aryl methyl sites for hydroxylation is 1. The Bertz CT molecular complexity index is 828. The summed E-state index contributed by atoms with van der Waals surface area (Å²) in [7, 11) is 3.82. The van der Waals surface area contributed by atoms with Crippen LogP contribution in [-0.4, -0.2) is 41.6 Å². The number of rotatable bonds is 5. The topological polar surface area (TPSA) is 46.5 Å². The number of hydrogen-bond acceptors (Lipinski definition) is 3. The molecule has 1 N–H and O–H groups in total. The first-order valence-electron chi connectivity index (χ1n) is 11.3. The minimum absolute atomic E-state index is 0.183. The number of fused-ring (bicyclic) bond motifs is 1. The minimum atomic E-state index is 0.183. The Morgan fingerprint density at radius 1 is 1.10 bits per heavy atom. The molecule has 1 aliphatic heterocycles. The predicted molar refractivity (Wildman–Crippen MR) is 117 cm³/mol. The molecule has 1 saturated heterocycles. The molecule has 5 heteroatoms. The Labute approximate surface area is 174 Å². The smallest absolute Gasteiger partial charge is 0.223 e. The van der Waals surface area contributed by atoms with E-state index in [1.165, 1.54) is 42.1 Å². The SMILES string of the molecule is COc1ccc2c(c1)c(CN1CCC(C(=O)NC3CCCCCC3)CC1)cn2C. The van der Waals surface area contributed by atoms with Gasteiger partial charge < -0.3 is 14.6 Å². The number of nitrogens with zero attached hydrogens (tertiary/aromatic N) is 2. The second-order valence-corrected chi connectivity index (χ2v) is 8.90. The van der Waals surface area contributed by atoms with Crippen LogP contribution in [-0.2, 0) is 18.4 Å². The molecule has 1 aromatic heterocycles. The highest BCUT2D eigenvalue weighted by Crippen LogP contribution is 2.28. The van der Waals surface area contributed by atoms with E-state index in [1.807, 2.05) is 6.07 Å². The monoisotopic (exact) mass is 397 g/mol. The number of carbonyl (C=O) groups is 1. The molecule has 0 bridgehead atoms. The van der Waals surface area contributed by atoms with Crippen molar-refractivity contribution in [3.8, 4) is 5.75 Å². The molecular weight excluding hydrogens is 362 g/mol. The van der Waals surface area contributed by atoms with E-state index in [2.05, 4.69) is 40.2 Å². The number of methoxy groups -OCH3 is 1. The van der Waals surface area contributed by atoms with Gasteiger partial charge in [0.2, 0.25) is 5.91 Å². The summed E-state index contributed by atoms with van der Waals surface area (Å²) in [6, 6.07) is 6.69. The summed E-state index contributed by atoms with van der Waals surface area (Å²) in [5, 5.41) is 4.62. The quantitative estimate of drug-likeness (QED) is 0.768. The number of hydrogen-bond donors (Lipinski definition) is 1. The van der Waals surface area contributed by atoms with E-state index < -0.39 is 0 Å². The highest BCUT2D eigenvalue weighted by atomic mass is 16.5. The Hall–Kier alpha value is -2.01. The molecule has 1 saturated carbocycles. The van der Waals surface area contributed by atoms with Crippen LogP contribution in [0, 0.1) is 5.92 Å². The van der Waals surface area contributed by atoms with E-state index in [1.54, 1.807) is 7.11 Å². The summed E-state index contributed by atoms with van der Waals surface area (Å²) in [4.78, 5) is 15.2. The Morgan fingerprint density at radius 3 is 2.52 bits per heavy atom. The van der Waals surface area contributed by atoms with Crippen molar-refractivity contribution in [1.82, 2.24) is 14.8 Å². The van der Waals surface area contributed by atoms with E-state index in [0.717, 1.165) is 51.1 Å². The van der Waals surface area contributed by atoms with Gasteiger partial charge in [-0.25, -0.2) is 0 Å². The number of carbonyl (C=O) groups excluding carboxylic acids is 1. The van der Waals surface area contributed by atoms with Crippen LogP contribution in [0.25, 0.3) is 10.9 Å². The van der Waals surface area contributed by atoms with Crippen LogP contribution in [0.15, 0.2) is 24.4 Å². The Kier molecular flexibility index (Phi) is 6.43. The zero-order chi connectivity index (χ0) is 20.2. The zero-order valence-electron chi connectivity index (χ0n) is 18.0. The summed E-state index contributed by atoms with van der Waals surface area (Å²) in [5.74, 6) is 1.38. The highest BCUT2D eigenvalue weighted by molar-refractivity contribution is 5.85. The van der Waals surface area contributed by atoms with E-state index in [0.29, 0.717) is 11.9 Å². The average molecular weight is 398 g/mol. The number of piperidine rings is 1. The second-order valence-electron chi connectivity index (χ2n) is 8.90. The van der Waals surface area contributed by atoms with Gasteiger partial charge in [0.05, 0.1) is 7.11 Å². The zero-order valence-corrected chi connectivity index (χ0v) is 18.0. The lowest BCUT2D eigenvalue weighted by Gasteiger charge is -2.32. The van der Waals surface area contributed by atoms with Gasteiger partial charge in [-0.05, 0) is 62.5 Å². The molecule has 5 nitrogen and oxygen atoms in total. The summed E-state index contributed by atoms with van der Waals surface area (Å²) >= 11 is 0. The second kappa shape index (κ2) is 9.21. The van der Waals surface area contributed by atoms with Gasteiger partial charge >= 0.3 is 0 Å². The van der Waals surface area contributed by atoms with Gasteiger partial charge in [-0.15, -0.1) is 0 Å². The highest BCUT2D eigenvalue weighted by Gasteiger charge is 2.27. The molecule has 1 aromatic carbocycles. The molecule has 1 aliphatic carbocycles. The molecule has 0 radical (unpaired) electrons. The van der Waals surface area contributed by atoms with Crippen molar-refractivity contribution < 1.29 is 9.53 Å². The number of nitrogens with one attached hydrogen (secondary N) is 1. The van der Waals surface area contributed by atoms with Crippen molar-refractivity contribution in [3.63, 3.8) is 0 Å². The first-order chi connectivity index (χ1) is 14.1. The normalized spacial score (nSPS) is 19.9. The number of aromatic nitrogens is 1. The first kappa shape index (κ1) is 20.3. The maximum atomic E-state index is 12.7. The number of amides is 1. The van der Waals surface area contributed by atoms with Crippen molar-refractivity contribution in [1.29, 1.82) is 0 Å². The lowest BCUT2D eigenvalue weighted by atomic mass is 9.94. The van der Waals surface area contributed by atoms with Gasteiger partial charge in [-0.3, -0.25) is 9.69 Å². The van der Waals surface area contributed by atoms with Crippen molar-refractivity contribution in [3.05, 3.63) is 30.0 Å².